The summed E-state index contributed by atoms with van der Waals surface area (Å²) in [6.07, 6.45) is 1.03. The van der Waals surface area contributed by atoms with Gasteiger partial charge in [0.1, 0.15) is 0 Å². The molecule has 110 valence electrons. The van der Waals surface area contributed by atoms with Crippen LogP contribution in [0.25, 0.3) is 0 Å². The summed E-state index contributed by atoms with van der Waals surface area (Å²) in [6, 6.07) is 0. The van der Waals surface area contributed by atoms with Crippen LogP contribution in [0.2, 0.25) is 0 Å². The highest BCUT2D eigenvalue weighted by Gasteiger charge is 2.20. The van der Waals surface area contributed by atoms with E-state index in [0.29, 0.717) is 4.48 Å². The molecule has 0 amide bonds. The lowest BCUT2D eigenvalue weighted by Crippen LogP contribution is -2.45. The first-order valence-electron chi connectivity index (χ1n) is 4.61. The second-order valence-corrected chi connectivity index (χ2v) is 5.14. The lowest BCUT2D eigenvalue weighted by atomic mass is 10.5. The summed E-state index contributed by atoms with van der Waals surface area (Å²) in [5.74, 6) is -0.370. The van der Waals surface area contributed by atoms with Crippen LogP contribution in [0.1, 0.15) is 6.92 Å². The van der Waals surface area contributed by atoms with Gasteiger partial charge >= 0.3 is 16.4 Å². The largest absolute Gasteiger partial charge is 0.410 e. The van der Waals surface area contributed by atoms with Gasteiger partial charge in [0.15, 0.2) is 0 Å². The lowest BCUT2D eigenvalue weighted by molar-refractivity contribution is -0.914. The van der Waals surface area contributed by atoms with Gasteiger partial charge in [0.05, 0.1) is 28.3 Å². The number of hydrogen-bond acceptors (Lipinski definition) is 6. The Bertz CT molecular complexity index is 347. The Morgan fingerprint density at radius 3 is 1.89 bits per heavy atom. The Labute approximate surface area is 108 Å². The SMILES string of the molecule is C=CC(=O)OC(C)[N+](C)(C)C.COS(=O)(=O)O.N. The minimum Gasteiger partial charge on any atom is -0.410 e. The first-order valence-corrected chi connectivity index (χ1v) is 5.97. The van der Waals surface area contributed by atoms with Gasteiger partial charge < -0.3 is 10.9 Å². The first-order chi connectivity index (χ1) is 7.44. The maximum absolute atomic E-state index is 10.7. The number of carbonyl (C=O) groups excluding carboxylic acids is 1. The van der Waals surface area contributed by atoms with E-state index in [9.17, 15) is 13.2 Å². The van der Waals surface area contributed by atoms with E-state index in [0.717, 1.165) is 7.11 Å². The van der Waals surface area contributed by atoms with Gasteiger partial charge in [0, 0.05) is 13.0 Å². The molecule has 0 aliphatic rings. The van der Waals surface area contributed by atoms with Gasteiger partial charge in [-0.25, -0.2) is 4.79 Å². The molecule has 0 radical (unpaired) electrons. The zero-order chi connectivity index (χ0) is 14.3. The highest BCUT2D eigenvalue weighted by atomic mass is 32.3. The molecular weight excluding hydrogens is 264 g/mol. The molecule has 0 heterocycles. The highest BCUT2D eigenvalue weighted by Crippen LogP contribution is 2.03. The average molecular weight is 287 g/mol. The second-order valence-electron chi connectivity index (χ2n) is 3.95. The van der Waals surface area contributed by atoms with Crippen LogP contribution in [0.15, 0.2) is 12.7 Å². The van der Waals surface area contributed by atoms with Gasteiger partial charge in [-0.15, -0.1) is 0 Å². The molecule has 0 fully saturated rings. The van der Waals surface area contributed by atoms with Gasteiger partial charge in [-0.05, 0) is 0 Å². The van der Waals surface area contributed by atoms with E-state index in [-0.39, 0.29) is 18.3 Å². The van der Waals surface area contributed by atoms with E-state index in [4.69, 9.17) is 9.29 Å². The number of carbonyl (C=O) groups is 1. The van der Waals surface area contributed by atoms with E-state index in [1.807, 2.05) is 28.1 Å². The molecule has 8 nitrogen and oxygen atoms in total. The van der Waals surface area contributed by atoms with Crippen LogP contribution >= 0.6 is 0 Å². The summed E-state index contributed by atoms with van der Waals surface area (Å²) < 4.78 is 35.3. The molecule has 0 rings (SSSR count). The summed E-state index contributed by atoms with van der Waals surface area (Å²) in [4.78, 5) is 10.7. The molecule has 9 heteroatoms. The molecule has 0 aromatic heterocycles. The zero-order valence-corrected chi connectivity index (χ0v) is 12.2. The minimum atomic E-state index is -4.16. The van der Waals surface area contributed by atoms with Crippen LogP contribution in [-0.2, 0) is 24.1 Å². The van der Waals surface area contributed by atoms with Gasteiger partial charge in [-0.2, -0.15) is 8.42 Å². The number of hydrogen-bond donors (Lipinski definition) is 2. The Morgan fingerprint density at radius 1 is 1.39 bits per heavy atom. The van der Waals surface area contributed by atoms with E-state index >= 15 is 0 Å². The van der Waals surface area contributed by atoms with Crippen molar-refractivity contribution in [3.05, 3.63) is 12.7 Å². The molecule has 0 saturated heterocycles. The molecule has 18 heavy (non-hydrogen) atoms. The average Bonchev–Trinajstić information content (AvgIpc) is 2.16. The van der Waals surface area contributed by atoms with Crippen molar-refractivity contribution < 1.29 is 31.2 Å². The molecule has 0 bridgehead atoms. The number of esters is 1. The van der Waals surface area contributed by atoms with Crippen LogP contribution in [0.5, 0.6) is 0 Å². The highest BCUT2D eigenvalue weighted by molar-refractivity contribution is 7.80. The van der Waals surface area contributed by atoms with E-state index < -0.39 is 10.4 Å². The van der Waals surface area contributed by atoms with Crippen molar-refractivity contribution in [3.8, 4) is 0 Å². The third kappa shape index (κ3) is 15.0. The molecule has 4 N–H and O–H groups in total. The third-order valence-electron chi connectivity index (χ3n) is 1.75. The van der Waals surface area contributed by atoms with Crippen molar-refractivity contribution in [1.82, 2.24) is 6.15 Å². The van der Waals surface area contributed by atoms with Crippen molar-refractivity contribution in [2.24, 2.45) is 0 Å². The minimum absolute atomic E-state index is 0. The fourth-order valence-corrected chi connectivity index (χ4v) is 0.374. The maximum Gasteiger partial charge on any atom is 0.397 e. The van der Waals surface area contributed by atoms with Crippen molar-refractivity contribution in [3.63, 3.8) is 0 Å². The lowest BCUT2D eigenvalue weighted by Gasteiger charge is -2.29. The normalized spacial score (nSPS) is 12.3. The fraction of sp³-hybridized carbons (Fsp3) is 0.667. The summed E-state index contributed by atoms with van der Waals surface area (Å²) >= 11 is 0. The number of nitrogens with zero attached hydrogens (tertiary/aromatic N) is 1. The summed E-state index contributed by atoms with van der Waals surface area (Å²) in [6.45, 7) is 5.16. The van der Waals surface area contributed by atoms with E-state index in [1.54, 1.807) is 0 Å². The molecule has 0 aromatic carbocycles. The van der Waals surface area contributed by atoms with Crippen LogP contribution in [0.4, 0.5) is 0 Å². The topological polar surface area (TPSA) is 125 Å². The summed E-state index contributed by atoms with van der Waals surface area (Å²) in [7, 11) is 2.59. The quantitative estimate of drug-likeness (QED) is 0.251. The number of quaternary nitrogens is 1. The van der Waals surface area contributed by atoms with Crippen LogP contribution in [-0.4, -0.2) is 57.9 Å². The van der Waals surface area contributed by atoms with Crippen LogP contribution in [0.3, 0.4) is 0 Å². The summed E-state index contributed by atoms with van der Waals surface area (Å²) in [5, 5.41) is 0. The van der Waals surface area contributed by atoms with Crippen molar-refractivity contribution in [2.75, 3.05) is 28.3 Å². The van der Waals surface area contributed by atoms with Crippen molar-refractivity contribution in [2.45, 2.75) is 13.2 Å². The van der Waals surface area contributed by atoms with Gasteiger partial charge in [-0.3, -0.25) is 13.2 Å². The molecule has 0 spiro atoms. The Kier molecular flexibility index (Phi) is 11.1. The molecule has 0 aliphatic heterocycles. The molecule has 1 unspecified atom stereocenters. The molecule has 1 atom stereocenters. The Balaban J connectivity index is -0.000000277. The predicted octanol–water partition coefficient (Wildman–Crippen LogP) is 0.365. The fourth-order valence-electron chi connectivity index (χ4n) is 0.374. The zero-order valence-electron chi connectivity index (χ0n) is 11.4. The number of rotatable bonds is 4. The molecule has 0 aromatic rings. The monoisotopic (exact) mass is 287 g/mol. The third-order valence-corrected chi connectivity index (χ3v) is 2.18. The predicted molar refractivity (Wildman–Crippen MR) is 67.4 cm³/mol. The second kappa shape index (κ2) is 9.00. The van der Waals surface area contributed by atoms with E-state index in [1.165, 1.54) is 6.08 Å². The molecular formula is C9H23N2O6S+. The van der Waals surface area contributed by atoms with Crippen molar-refractivity contribution >= 4 is 16.4 Å². The standard InChI is InChI=1S/C8H16NO2.CH4O4S.H3N/c1-6-8(10)11-7(2)9(3,4)5;1-5-6(2,3)4;/h6-7H,1H2,2-5H3;1H3,(H,2,3,4);1H3/q+1;;. The Morgan fingerprint density at radius 2 is 1.72 bits per heavy atom. The molecule has 0 saturated carbocycles. The van der Waals surface area contributed by atoms with Gasteiger partial charge in [-0.1, -0.05) is 6.58 Å². The summed E-state index contributed by atoms with van der Waals surface area (Å²) in [5.41, 5.74) is 0. The number of ether oxygens (including phenoxy) is 1. The van der Waals surface area contributed by atoms with Crippen molar-refractivity contribution in [1.29, 1.82) is 0 Å². The first kappa shape index (κ1) is 22.2. The van der Waals surface area contributed by atoms with Crippen LogP contribution in [0, 0.1) is 0 Å². The van der Waals surface area contributed by atoms with Crippen LogP contribution < -0.4 is 6.15 Å². The smallest absolute Gasteiger partial charge is 0.397 e. The van der Waals surface area contributed by atoms with E-state index in [2.05, 4.69) is 10.8 Å². The maximum atomic E-state index is 10.7. The Hall–Kier alpha value is -1.00. The van der Waals surface area contributed by atoms with Gasteiger partial charge in [0.25, 0.3) is 0 Å². The van der Waals surface area contributed by atoms with Gasteiger partial charge in [0.2, 0.25) is 6.23 Å². The molecule has 0 aliphatic carbocycles.